The molecule has 0 spiro atoms. The van der Waals surface area contributed by atoms with Crippen LogP contribution in [0.3, 0.4) is 0 Å². The maximum Gasteiger partial charge on any atom is 0.338 e. The molecule has 0 heterocycles. The van der Waals surface area contributed by atoms with Gasteiger partial charge < -0.3 is 14.8 Å². The van der Waals surface area contributed by atoms with E-state index < -0.39 is 5.97 Å². The van der Waals surface area contributed by atoms with Gasteiger partial charge in [-0.05, 0) is 43.2 Å². The second kappa shape index (κ2) is 10.1. The van der Waals surface area contributed by atoms with Gasteiger partial charge in [0, 0.05) is 13.5 Å². The van der Waals surface area contributed by atoms with Gasteiger partial charge in [-0.25, -0.2) is 4.79 Å². The van der Waals surface area contributed by atoms with Crippen LogP contribution in [0.1, 0.15) is 40.1 Å². The van der Waals surface area contributed by atoms with E-state index in [0.717, 1.165) is 5.56 Å². The minimum absolute atomic E-state index is 0.0663. The van der Waals surface area contributed by atoms with Crippen LogP contribution in [-0.2, 0) is 16.0 Å². The second-order valence-electron chi connectivity index (χ2n) is 5.97. The summed E-state index contributed by atoms with van der Waals surface area (Å²) in [5.74, 6) is -0.110. The summed E-state index contributed by atoms with van der Waals surface area (Å²) in [7, 11) is 0. The number of Topliss-reactive ketones (excluding diaryl/α,β-unsaturated/α-hetero) is 1. The molecule has 2 aromatic carbocycles. The predicted molar refractivity (Wildman–Crippen MR) is 101 cm³/mol. The third-order valence-electron chi connectivity index (χ3n) is 3.82. The van der Waals surface area contributed by atoms with E-state index in [1.165, 1.54) is 13.8 Å². The number of hydrogen-bond donors (Lipinski definition) is 1. The Balaban J connectivity index is 1.77. The zero-order chi connectivity index (χ0) is 19.6. The van der Waals surface area contributed by atoms with Gasteiger partial charge in [0.2, 0.25) is 5.91 Å². The first kappa shape index (κ1) is 20.2. The molecule has 0 aliphatic carbocycles. The summed E-state index contributed by atoms with van der Waals surface area (Å²) in [6.45, 7) is 3.74. The topological polar surface area (TPSA) is 81.7 Å². The molecule has 0 saturated heterocycles. The van der Waals surface area contributed by atoms with Gasteiger partial charge in [0.05, 0.1) is 11.1 Å². The number of carbonyl (C=O) groups excluding carboxylic acids is 3. The van der Waals surface area contributed by atoms with Crippen molar-refractivity contribution in [2.75, 3.05) is 19.8 Å². The molecule has 0 fully saturated rings. The van der Waals surface area contributed by atoms with E-state index in [9.17, 15) is 14.4 Å². The van der Waals surface area contributed by atoms with Crippen molar-refractivity contribution in [3.8, 4) is 5.75 Å². The molecule has 1 N–H and O–H groups in total. The van der Waals surface area contributed by atoms with Crippen LogP contribution in [-0.4, -0.2) is 37.4 Å². The summed E-state index contributed by atoms with van der Waals surface area (Å²) in [5.41, 5.74) is 1.96. The van der Waals surface area contributed by atoms with E-state index >= 15 is 0 Å². The van der Waals surface area contributed by atoms with Crippen molar-refractivity contribution in [2.24, 2.45) is 0 Å². The maximum absolute atomic E-state index is 12.1. The van der Waals surface area contributed by atoms with E-state index in [4.69, 9.17) is 9.47 Å². The average molecular weight is 369 g/mol. The number of ether oxygens (including phenoxy) is 2. The first-order valence-corrected chi connectivity index (χ1v) is 8.70. The van der Waals surface area contributed by atoms with Crippen LogP contribution in [0.15, 0.2) is 48.5 Å². The molecular formula is C21H23NO5. The minimum Gasteiger partial charge on any atom is -0.489 e. The van der Waals surface area contributed by atoms with Crippen LogP contribution in [0.5, 0.6) is 5.75 Å². The third-order valence-corrected chi connectivity index (χ3v) is 3.82. The van der Waals surface area contributed by atoms with Gasteiger partial charge in [-0.3, -0.25) is 9.59 Å². The summed E-state index contributed by atoms with van der Waals surface area (Å²) in [6, 6.07) is 14.0. The molecule has 0 radical (unpaired) electrons. The zero-order valence-corrected chi connectivity index (χ0v) is 15.5. The Bertz CT molecular complexity index is 798. The molecule has 2 aromatic rings. The highest BCUT2D eigenvalue weighted by atomic mass is 16.6. The Labute approximate surface area is 158 Å². The number of benzene rings is 2. The fourth-order valence-electron chi connectivity index (χ4n) is 2.44. The van der Waals surface area contributed by atoms with Crippen molar-refractivity contribution in [3.63, 3.8) is 0 Å². The van der Waals surface area contributed by atoms with Gasteiger partial charge in [0.15, 0.2) is 5.78 Å². The van der Waals surface area contributed by atoms with E-state index in [2.05, 4.69) is 5.32 Å². The summed E-state index contributed by atoms with van der Waals surface area (Å²) < 4.78 is 10.7. The molecule has 0 atom stereocenters. The number of ketones is 1. The van der Waals surface area contributed by atoms with Crippen LogP contribution >= 0.6 is 0 Å². The first-order chi connectivity index (χ1) is 13.0. The average Bonchev–Trinajstić information content (AvgIpc) is 2.65. The Morgan fingerprint density at radius 2 is 1.63 bits per heavy atom. The molecule has 27 heavy (non-hydrogen) atoms. The fraction of sp³-hybridized carbons (Fsp3) is 0.286. The first-order valence-electron chi connectivity index (χ1n) is 8.70. The van der Waals surface area contributed by atoms with Gasteiger partial charge in [-0.2, -0.15) is 0 Å². The largest absolute Gasteiger partial charge is 0.489 e. The summed E-state index contributed by atoms with van der Waals surface area (Å²) in [4.78, 5) is 34.4. The standard InChI is InChI=1S/C21H23NO5/c1-15(23)19-5-3-4-6-20(19)26-13-14-27-21(25)18-9-7-17(8-10-18)11-12-22-16(2)24/h3-10H,11-14H2,1-2H3,(H,22,24). The van der Waals surface area contributed by atoms with Crippen LogP contribution in [0.4, 0.5) is 0 Å². The van der Waals surface area contributed by atoms with E-state index in [-0.39, 0.29) is 24.9 Å². The van der Waals surface area contributed by atoms with E-state index in [1.54, 1.807) is 36.4 Å². The number of hydrogen-bond acceptors (Lipinski definition) is 5. The van der Waals surface area contributed by atoms with Crippen LogP contribution in [0.2, 0.25) is 0 Å². The molecule has 0 aromatic heterocycles. The van der Waals surface area contributed by atoms with Gasteiger partial charge >= 0.3 is 5.97 Å². The number of esters is 1. The Morgan fingerprint density at radius 3 is 2.30 bits per heavy atom. The quantitative estimate of drug-likeness (QED) is 0.418. The van der Waals surface area contributed by atoms with Crippen molar-refractivity contribution in [1.29, 1.82) is 0 Å². The predicted octanol–water partition coefficient (Wildman–Crippen LogP) is 2.80. The fourth-order valence-corrected chi connectivity index (χ4v) is 2.44. The highest BCUT2D eigenvalue weighted by Crippen LogP contribution is 2.18. The van der Waals surface area contributed by atoms with Gasteiger partial charge in [-0.15, -0.1) is 0 Å². The normalized spacial score (nSPS) is 10.1. The number of amides is 1. The number of rotatable bonds is 9. The Morgan fingerprint density at radius 1 is 0.926 bits per heavy atom. The molecule has 0 aliphatic rings. The number of para-hydroxylation sites is 1. The zero-order valence-electron chi connectivity index (χ0n) is 15.5. The molecule has 6 heteroatoms. The highest BCUT2D eigenvalue weighted by Gasteiger charge is 2.09. The Hall–Kier alpha value is -3.15. The van der Waals surface area contributed by atoms with Crippen LogP contribution in [0.25, 0.3) is 0 Å². The molecule has 6 nitrogen and oxygen atoms in total. The monoisotopic (exact) mass is 369 g/mol. The minimum atomic E-state index is -0.438. The van der Waals surface area contributed by atoms with E-state index in [0.29, 0.717) is 29.8 Å². The Kier molecular flexibility index (Phi) is 7.55. The molecule has 0 unspecified atom stereocenters. The molecule has 0 bridgehead atoms. The van der Waals surface area contributed by atoms with Crippen molar-refractivity contribution < 1.29 is 23.9 Å². The van der Waals surface area contributed by atoms with Crippen LogP contribution < -0.4 is 10.1 Å². The second-order valence-corrected chi connectivity index (χ2v) is 5.97. The lowest BCUT2D eigenvalue weighted by Crippen LogP contribution is -2.22. The van der Waals surface area contributed by atoms with Crippen molar-refractivity contribution in [1.82, 2.24) is 5.32 Å². The molecule has 1 amide bonds. The maximum atomic E-state index is 12.1. The highest BCUT2D eigenvalue weighted by molar-refractivity contribution is 5.96. The lowest BCUT2D eigenvalue weighted by Gasteiger charge is -2.10. The molecule has 2 rings (SSSR count). The third kappa shape index (κ3) is 6.58. The van der Waals surface area contributed by atoms with Gasteiger partial charge in [-0.1, -0.05) is 24.3 Å². The number of nitrogens with one attached hydrogen (secondary N) is 1. The van der Waals surface area contributed by atoms with Crippen molar-refractivity contribution in [3.05, 3.63) is 65.2 Å². The summed E-state index contributed by atoms with van der Waals surface area (Å²) in [5, 5.41) is 2.72. The lowest BCUT2D eigenvalue weighted by molar-refractivity contribution is -0.118. The molecule has 0 saturated carbocycles. The van der Waals surface area contributed by atoms with Crippen molar-refractivity contribution in [2.45, 2.75) is 20.3 Å². The van der Waals surface area contributed by atoms with Crippen molar-refractivity contribution >= 4 is 17.7 Å². The molecule has 0 aliphatic heterocycles. The SMILES string of the molecule is CC(=O)NCCc1ccc(C(=O)OCCOc2ccccc2C(C)=O)cc1. The molecule has 142 valence electrons. The smallest absolute Gasteiger partial charge is 0.338 e. The lowest BCUT2D eigenvalue weighted by atomic mass is 10.1. The number of carbonyl (C=O) groups is 3. The van der Waals surface area contributed by atoms with Gasteiger partial charge in [0.1, 0.15) is 19.0 Å². The molecular weight excluding hydrogens is 346 g/mol. The van der Waals surface area contributed by atoms with Gasteiger partial charge in [0.25, 0.3) is 0 Å². The summed E-state index contributed by atoms with van der Waals surface area (Å²) in [6.07, 6.45) is 0.693. The summed E-state index contributed by atoms with van der Waals surface area (Å²) >= 11 is 0. The van der Waals surface area contributed by atoms with E-state index in [1.807, 2.05) is 12.1 Å². The van der Waals surface area contributed by atoms with Crippen LogP contribution in [0, 0.1) is 0 Å².